The van der Waals surface area contributed by atoms with Crippen molar-refractivity contribution >= 4 is 10.1 Å². The molecule has 0 saturated carbocycles. The van der Waals surface area contributed by atoms with E-state index in [1.807, 2.05) is 0 Å². The Kier molecular flexibility index (Phi) is 5.85. The zero-order valence-electron chi connectivity index (χ0n) is 12.7. The minimum absolute atomic E-state index is 0.0416. The number of rotatable bonds is 7. The Bertz CT molecular complexity index is 714. The van der Waals surface area contributed by atoms with E-state index in [1.54, 1.807) is 24.3 Å². The monoisotopic (exact) mass is 340 g/mol. The van der Waals surface area contributed by atoms with Crippen LogP contribution in [0.3, 0.4) is 0 Å². The summed E-state index contributed by atoms with van der Waals surface area (Å²) in [7, 11) is -3.48. The summed E-state index contributed by atoms with van der Waals surface area (Å²) in [5, 5.41) is 0. The molecule has 0 atom stereocenters. The van der Waals surface area contributed by atoms with Gasteiger partial charge in [0.15, 0.2) is 0 Å². The molecule has 0 heterocycles. The van der Waals surface area contributed by atoms with Gasteiger partial charge < -0.3 is 0 Å². The van der Waals surface area contributed by atoms with Crippen LogP contribution in [0.15, 0.2) is 48.5 Å². The molecule has 0 radical (unpaired) electrons. The Balaban J connectivity index is 2.18. The largest absolute Gasteiger partial charge is 0.270 e. The molecule has 0 aliphatic carbocycles. The van der Waals surface area contributed by atoms with Gasteiger partial charge in [-0.2, -0.15) is 8.42 Å². The molecule has 23 heavy (non-hydrogen) atoms. The van der Waals surface area contributed by atoms with Gasteiger partial charge in [0.25, 0.3) is 10.1 Å². The molecule has 0 aliphatic rings. The number of hydrogen-bond acceptors (Lipinski definition) is 3. The third-order valence-electron chi connectivity index (χ3n) is 3.44. The number of benzene rings is 2. The van der Waals surface area contributed by atoms with Crippen LogP contribution in [-0.2, 0) is 14.3 Å². The standard InChI is InChI=1S/C17H18F2O3S/c1-23(20,21)22-10-4-9-17(13-5-2-7-15(18)11-13)14-6-3-8-16(19)12-14/h2-3,5-8,11-12,17H,4,9-10H2,1H3. The second-order valence-corrected chi connectivity index (χ2v) is 6.97. The van der Waals surface area contributed by atoms with Crippen molar-refractivity contribution in [3.8, 4) is 0 Å². The molecule has 2 aromatic rings. The molecule has 0 bridgehead atoms. The van der Waals surface area contributed by atoms with Crippen molar-refractivity contribution in [2.75, 3.05) is 12.9 Å². The highest BCUT2D eigenvalue weighted by Crippen LogP contribution is 2.30. The van der Waals surface area contributed by atoms with Gasteiger partial charge in [-0.3, -0.25) is 4.18 Å². The average molecular weight is 340 g/mol. The van der Waals surface area contributed by atoms with Crippen LogP contribution < -0.4 is 0 Å². The lowest BCUT2D eigenvalue weighted by Gasteiger charge is -2.18. The zero-order chi connectivity index (χ0) is 16.9. The van der Waals surface area contributed by atoms with Gasteiger partial charge >= 0.3 is 0 Å². The molecule has 0 amide bonds. The van der Waals surface area contributed by atoms with Gasteiger partial charge in [0.05, 0.1) is 12.9 Å². The lowest BCUT2D eigenvalue weighted by molar-refractivity contribution is 0.309. The highest BCUT2D eigenvalue weighted by atomic mass is 32.2. The second kappa shape index (κ2) is 7.66. The molecule has 0 fully saturated rings. The van der Waals surface area contributed by atoms with Gasteiger partial charge in [-0.05, 0) is 48.2 Å². The van der Waals surface area contributed by atoms with Crippen LogP contribution in [0.1, 0.15) is 29.9 Å². The second-order valence-electron chi connectivity index (χ2n) is 5.33. The Morgan fingerprint density at radius 1 is 1.00 bits per heavy atom. The average Bonchev–Trinajstić information content (AvgIpc) is 2.46. The summed E-state index contributed by atoms with van der Waals surface area (Å²) in [5.41, 5.74) is 1.44. The lowest BCUT2D eigenvalue weighted by Crippen LogP contribution is -2.07. The van der Waals surface area contributed by atoms with Gasteiger partial charge in [0.2, 0.25) is 0 Å². The summed E-state index contributed by atoms with van der Waals surface area (Å²) in [6, 6.07) is 12.3. The minimum Gasteiger partial charge on any atom is -0.270 e. The van der Waals surface area contributed by atoms with Crippen molar-refractivity contribution in [1.29, 1.82) is 0 Å². The van der Waals surface area contributed by atoms with Crippen molar-refractivity contribution in [3.63, 3.8) is 0 Å². The molecule has 0 aromatic heterocycles. The summed E-state index contributed by atoms with van der Waals surface area (Å²) in [6.07, 6.45) is 1.96. The van der Waals surface area contributed by atoms with E-state index in [2.05, 4.69) is 0 Å². The molecular formula is C17H18F2O3S. The topological polar surface area (TPSA) is 43.4 Å². The number of halogens is 2. The highest BCUT2D eigenvalue weighted by molar-refractivity contribution is 7.85. The first-order chi connectivity index (χ1) is 10.8. The van der Waals surface area contributed by atoms with Crippen LogP contribution in [0.4, 0.5) is 8.78 Å². The van der Waals surface area contributed by atoms with E-state index < -0.39 is 10.1 Å². The molecule has 0 N–H and O–H groups in total. The fourth-order valence-electron chi connectivity index (χ4n) is 2.47. The van der Waals surface area contributed by atoms with Crippen LogP contribution >= 0.6 is 0 Å². The maximum atomic E-state index is 13.5. The van der Waals surface area contributed by atoms with E-state index in [4.69, 9.17) is 4.18 Å². The van der Waals surface area contributed by atoms with Crippen molar-refractivity contribution in [2.45, 2.75) is 18.8 Å². The van der Waals surface area contributed by atoms with Crippen LogP contribution in [0.5, 0.6) is 0 Å². The van der Waals surface area contributed by atoms with Crippen LogP contribution in [0.25, 0.3) is 0 Å². The summed E-state index contributed by atoms with van der Waals surface area (Å²) in [5.74, 6) is -0.961. The van der Waals surface area contributed by atoms with Gasteiger partial charge in [-0.25, -0.2) is 8.78 Å². The molecule has 3 nitrogen and oxygen atoms in total. The first-order valence-electron chi connectivity index (χ1n) is 7.20. The molecule has 0 unspecified atom stereocenters. The quantitative estimate of drug-likeness (QED) is 0.568. The first-order valence-corrected chi connectivity index (χ1v) is 9.02. The SMILES string of the molecule is CS(=O)(=O)OCCCC(c1cccc(F)c1)c1cccc(F)c1. The van der Waals surface area contributed by atoms with Crippen molar-refractivity contribution in [1.82, 2.24) is 0 Å². The molecule has 124 valence electrons. The van der Waals surface area contributed by atoms with E-state index in [9.17, 15) is 17.2 Å². The Morgan fingerprint density at radius 3 is 1.96 bits per heavy atom. The van der Waals surface area contributed by atoms with E-state index in [0.717, 1.165) is 17.4 Å². The smallest absolute Gasteiger partial charge is 0.264 e. The van der Waals surface area contributed by atoms with E-state index >= 15 is 0 Å². The van der Waals surface area contributed by atoms with E-state index in [0.29, 0.717) is 12.8 Å². The first kappa shape index (κ1) is 17.6. The predicted octanol–water partition coefficient (Wildman–Crippen LogP) is 3.85. The zero-order valence-corrected chi connectivity index (χ0v) is 13.5. The molecule has 0 spiro atoms. The van der Waals surface area contributed by atoms with Gasteiger partial charge in [0, 0.05) is 5.92 Å². The maximum absolute atomic E-state index is 13.5. The third-order valence-corrected chi connectivity index (χ3v) is 4.03. The Hall–Kier alpha value is -1.79. The summed E-state index contributed by atoms with van der Waals surface area (Å²) >= 11 is 0. The third kappa shape index (κ3) is 5.73. The minimum atomic E-state index is -3.48. The van der Waals surface area contributed by atoms with Crippen molar-refractivity contribution in [2.24, 2.45) is 0 Å². The van der Waals surface area contributed by atoms with Crippen LogP contribution in [0.2, 0.25) is 0 Å². The van der Waals surface area contributed by atoms with Gasteiger partial charge in [-0.15, -0.1) is 0 Å². The Labute approximate surface area is 135 Å². The molecule has 0 aliphatic heterocycles. The van der Waals surface area contributed by atoms with E-state index in [-0.39, 0.29) is 24.2 Å². The summed E-state index contributed by atoms with van der Waals surface area (Å²) < 4.78 is 53.7. The summed E-state index contributed by atoms with van der Waals surface area (Å²) in [4.78, 5) is 0. The van der Waals surface area contributed by atoms with Gasteiger partial charge in [0.1, 0.15) is 11.6 Å². The van der Waals surface area contributed by atoms with E-state index in [1.165, 1.54) is 24.3 Å². The number of hydrogen-bond donors (Lipinski definition) is 0. The molecule has 0 saturated heterocycles. The molecule has 2 rings (SSSR count). The lowest BCUT2D eigenvalue weighted by atomic mass is 9.87. The maximum Gasteiger partial charge on any atom is 0.264 e. The predicted molar refractivity (Wildman–Crippen MR) is 84.7 cm³/mol. The van der Waals surface area contributed by atoms with Crippen molar-refractivity contribution in [3.05, 3.63) is 71.3 Å². The summed E-state index contributed by atoms with van der Waals surface area (Å²) in [6.45, 7) is 0.0416. The van der Waals surface area contributed by atoms with Gasteiger partial charge in [-0.1, -0.05) is 24.3 Å². The van der Waals surface area contributed by atoms with Crippen LogP contribution in [0, 0.1) is 11.6 Å². The fourth-order valence-corrected chi connectivity index (χ4v) is 2.89. The fraction of sp³-hybridized carbons (Fsp3) is 0.294. The highest BCUT2D eigenvalue weighted by Gasteiger charge is 2.16. The molecular weight excluding hydrogens is 322 g/mol. The molecule has 2 aromatic carbocycles. The van der Waals surface area contributed by atoms with Crippen LogP contribution in [-0.4, -0.2) is 21.3 Å². The van der Waals surface area contributed by atoms with Crippen molar-refractivity contribution < 1.29 is 21.4 Å². The normalized spacial score (nSPS) is 11.8. The Morgan fingerprint density at radius 2 is 1.52 bits per heavy atom. The molecule has 6 heteroatoms.